The van der Waals surface area contributed by atoms with Crippen molar-refractivity contribution in [3.8, 4) is 0 Å². The maximum atomic E-state index is 10.5. The summed E-state index contributed by atoms with van der Waals surface area (Å²) in [6, 6.07) is -2.78. The Balaban J connectivity index is 0.000000240. The zero-order valence-corrected chi connectivity index (χ0v) is 13.0. The maximum absolute atomic E-state index is 10.5. The van der Waals surface area contributed by atoms with Gasteiger partial charge in [0, 0.05) is 0 Å². The average Bonchev–Trinajstić information content (AvgIpc) is 2.55. The van der Waals surface area contributed by atoms with Gasteiger partial charge in [0.05, 0.1) is 0 Å². The molecule has 0 aromatic rings. The summed E-state index contributed by atoms with van der Waals surface area (Å²) in [5, 5.41) is 39.4. The van der Waals surface area contributed by atoms with Crippen molar-refractivity contribution >= 4 is 23.9 Å². The Morgan fingerprint density at radius 3 is 0.917 bits per heavy atom. The molecule has 10 nitrogen and oxygen atoms in total. The van der Waals surface area contributed by atoms with Crippen molar-refractivity contribution in [2.45, 2.75) is 62.7 Å². The van der Waals surface area contributed by atoms with E-state index < -0.39 is 48.0 Å². The van der Waals surface area contributed by atoms with Crippen LogP contribution in [0.25, 0.3) is 0 Å². The van der Waals surface area contributed by atoms with Gasteiger partial charge in [0.1, 0.15) is 24.2 Å². The van der Waals surface area contributed by atoms with E-state index in [2.05, 4.69) is 10.6 Å². The summed E-state index contributed by atoms with van der Waals surface area (Å²) in [5.41, 5.74) is 0. The highest BCUT2D eigenvalue weighted by atomic mass is 16.4. The number of hydrogen-bond acceptors (Lipinski definition) is 6. The van der Waals surface area contributed by atoms with Crippen molar-refractivity contribution in [1.29, 1.82) is 0 Å². The van der Waals surface area contributed by atoms with Crippen LogP contribution < -0.4 is 10.6 Å². The van der Waals surface area contributed by atoms with Gasteiger partial charge >= 0.3 is 23.9 Å². The van der Waals surface area contributed by atoms with Gasteiger partial charge in [-0.05, 0) is 38.5 Å². The molecule has 6 N–H and O–H groups in total. The van der Waals surface area contributed by atoms with Gasteiger partial charge in [-0.3, -0.25) is 29.8 Å². The molecule has 0 saturated carbocycles. The largest absolute Gasteiger partial charge is 0.480 e. The quantitative estimate of drug-likeness (QED) is 0.383. The van der Waals surface area contributed by atoms with Gasteiger partial charge < -0.3 is 20.4 Å². The molecule has 0 spiro atoms. The molecule has 2 saturated heterocycles. The van der Waals surface area contributed by atoms with Crippen LogP contribution >= 0.6 is 0 Å². The highest BCUT2D eigenvalue weighted by molar-refractivity contribution is 5.78. The molecule has 2 heterocycles. The molecule has 136 valence electrons. The molecule has 2 fully saturated rings. The molecule has 2 rings (SSSR count). The van der Waals surface area contributed by atoms with Crippen molar-refractivity contribution in [3.05, 3.63) is 0 Å². The number of nitrogens with one attached hydrogen (secondary N) is 2. The standard InChI is InChI=1S/2C7H11NO4/c2*9-6(10)4-2-1-3-5(8-4)7(11)12/h2*4-5,8H,1-3H2,(H,9,10)(H,11,12)/t2*4-,5+. The zero-order chi connectivity index (χ0) is 18.3. The van der Waals surface area contributed by atoms with Gasteiger partial charge in [0.15, 0.2) is 0 Å². The molecule has 2 aliphatic heterocycles. The van der Waals surface area contributed by atoms with E-state index in [4.69, 9.17) is 20.4 Å². The fourth-order valence-corrected chi connectivity index (χ4v) is 2.65. The van der Waals surface area contributed by atoms with Gasteiger partial charge in [-0.15, -0.1) is 0 Å². The number of carbonyl (C=O) groups is 4. The number of carboxylic acids is 4. The third-order valence-electron chi connectivity index (χ3n) is 3.97. The highest BCUT2D eigenvalue weighted by Gasteiger charge is 2.30. The minimum atomic E-state index is -0.971. The van der Waals surface area contributed by atoms with Crippen LogP contribution in [-0.4, -0.2) is 68.5 Å². The van der Waals surface area contributed by atoms with Crippen molar-refractivity contribution in [3.63, 3.8) is 0 Å². The molecule has 0 aromatic carbocycles. The summed E-state index contributed by atoms with van der Waals surface area (Å²) in [5.74, 6) is -3.89. The van der Waals surface area contributed by atoms with E-state index in [1.54, 1.807) is 0 Å². The summed E-state index contributed by atoms with van der Waals surface area (Å²) in [4.78, 5) is 41.9. The Bertz CT molecular complexity index is 411. The number of hydrogen-bond donors (Lipinski definition) is 6. The lowest BCUT2D eigenvalue weighted by Crippen LogP contribution is -2.50. The second-order valence-electron chi connectivity index (χ2n) is 5.76. The molecule has 0 bridgehead atoms. The van der Waals surface area contributed by atoms with E-state index >= 15 is 0 Å². The van der Waals surface area contributed by atoms with Crippen molar-refractivity contribution < 1.29 is 39.6 Å². The molecule has 2 aliphatic rings. The minimum Gasteiger partial charge on any atom is -0.480 e. The van der Waals surface area contributed by atoms with E-state index in [-0.39, 0.29) is 0 Å². The van der Waals surface area contributed by atoms with Crippen LogP contribution in [0.1, 0.15) is 38.5 Å². The van der Waals surface area contributed by atoms with E-state index in [1.807, 2.05) is 0 Å². The van der Waals surface area contributed by atoms with Gasteiger partial charge in [-0.1, -0.05) is 0 Å². The fourth-order valence-electron chi connectivity index (χ4n) is 2.65. The molecule has 0 aromatic heterocycles. The summed E-state index contributed by atoms with van der Waals surface area (Å²) >= 11 is 0. The van der Waals surface area contributed by atoms with Crippen LogP contribution in [0.2, 0.25) is 0 Å². The first-order chi connectivity index (χ1) is 11.2. The predicted molar refractivity (Wildman–Crippen MR) is 79.7 cm³/mol. The fraction of sp³-hybridized carbons (Fsp3) is 0.714. The summed E-state index contributed by atoms with van der Waals surface area (Å²) in [6.07, 6.45) is 3.36. The van der Waals surface area contributed by atoms with Crippen molar-refractivity contribution in [2.75, 3.05) is 0 Å². The van der Waals surface area contributed by atoms with E-state index in [0.29, 0.717) is 38.5 Å². The lowest BCUT2D eigenvalue weighted by atomic mass is 9.99. The van der Waals surface area contributed by atoms with Crippen molar-refractivity contribution in [2.24, 2.45) is 0 Å². The molecule has 0 unspecified atom stereocenters. The van der Waals surface area contributed by atoms with E-state index in [9.17, 15) is 19.2 Å². The average molecular weight is 346 g/mol. The Labute approximate surface area is 137 Å². The van der Waals surface area contributed by atoms with Gasteiger partial charge in [-0.2, -0.15) is 0 Å². The number of rotatable bonds is 4. The third kappa shape index (κ3) is 6.13. The number of aliphatic carboxylic acids is 4. The molecular weight excluding hydrogens is 324 g/mol. The predicted octanol–water partition coefficient (Wildman–Crippen LogP) is -0.667. The lowest BCUT2D eigenvalue weighted by Gasteiger charge is -2.25. The van der Waals surface area contributed by atoms with Crippen LogP contribution in [0.4, 0.5) is 0 Å². The Morgan fingerprint density at radius 2 is 0.750 bits per heavy atom. The summed E-state index contributed by atoms with van der Waals surface area (Å²) < 4.78 is 0. The topological polar surface area (TPSA) is 173 Å². The molecule has 0 amide bonds. The first-order valence-electron chi connectivity index (χ1n) is 7.65. The second kappa shape index (κ2) is 9.18. The SMILES string of the molecule is O=C(O)[C@@H]1CCC[C@H](C(=O)O)N1.O=C(O)[C@@H]1CCC[C@H](C(=O)O)N1. The highest BCUT2D eigenvalue weighted by Crippen LogP contribution is 2.13. The Hall–Kier alpha value is -2.20. The summed E-state index contributed by atoms with van der Waals surface area (Å²) in [7, 11) is 0. The van der Waals surface area contributed by atoms with Crippen LogP contribution in [0.15, 0.2) is 0 Å². The first-order valence-corrected chi connectivity index (χ1v) is 7.65. The van der Waals surface area contributed by atoms with Crippen LogP contribution in [0.3, 0.4) is 0 Å². The zero-order valence-electron chi connectivity index (χ0n) is 13.0. The van der Waals surface area contributed by atoms with E-state index in [0.717, 1.165) is 0 Å². The third-order valence-corrected chi connectivity index (χ3v) is 3.97. The Morgan fingerprint density at radius 1 is 0.542 bits per heavy atom. The maximum Gasteiger partial charge on any atom is 0.320 e. The normalized spacial score (nSPS) is 29.7. The molecule has 24 heavy (non-hydrogen) atoms. The smallest absolute Gasteiger partial charge is 0.320 e. The van der Waals surface area contributed by atoms with Crippen LogP contribution in [0, 0.1) is 0 Å². The monoisotopic (exact) mass is 346 g/mol. The first kappa shape index (κ1) is 19.8. The van der Waals surface area contributed by atoms with Gasteiger partial charge in [0.25, 0.3) is 0 Å². The molecule has 0 radical (unpaired) electrons. The van der Waals surface area contributed by atoms with E-state index in [1.165, 1.54) is 0 Å². The lowest BCUT2D eigenvalue weighted by molar-refractivity contribution is -0.146. The van der Waals surface area contributed by atoms with Crippen LogP contribution in [0.5, 0.6) is 0 Å². The minimum absolute atomic E-state index is 0.513. The molecule has 4 atom stereocenters. The molecule has 10 heteroatoms. The van der Waals surface area contributed by atoms with Gasteiger partial charge in [-0.25, -0.2) is 0 Å². The van der Waals surface area contributed by atoms with Gasteiger partial charge in [0.2, 0.25) is 0 Å². The summed E-state index contributed by atoms with van der Waals surface area (Å²) in [6.45, 7) is 0. The molecular formula is C14H22N2O8. The Kier molecular flexibility index (Phi) is 7.59. The second-order valence-corrected chi connectivity index (χ2v) is 5.76. The van der Waals surface area contributed by atoms with Crippen molar-refractivity contribution in [1.82, 2.24) is 10.6 Å². The molecule has 0 aliphatic carbocycles. The number of piperidine rings is 2. The van der Waals surface area contributed by atoms with Crippen LogP contribution in [-0.2, 0) is 19.2 Å². The number of carboxylic acid groups (broad SMARTS) is 4.